The highest BCUT2D eigenvalue weighted by molar-refractivity contribution is 4.97. The molecule has 0 radical (unpaired) electrons. The highest BCUT2D eigenvalue weighted by Gasteiger charge is 2.20. The van der Waals surface area contributed by atoms with Gasteiger partial charge in [-0.15, -0.1) is 0 Å². The number of hydrogen-bond acceptors (Lipinski definition) is 5. The lowest BCUT2D eigenvalue weighted by molar-refractivity contribution is -0.394. The number of hydrogen-bond donors (Lipinski definition) is 0. The fourth-order valence-electron chi connectivity index (χ4n) is 1.45. The van der Waals surface area contributed by atoms with E-state index in [9.17, 15) is 10.1 Å². The standard InChI is InChI=1S/C7H10N4O3/c12-11(13)7-8-5-10(9-7)4-6-2-1-3-14-6/h5-6H,1-4H2. The van der Waals surface area contributed by atoms with Gasteiger partial charge in [0.15, 0.2) is 0 Å². The Morgan fingerprint density at radius 3 is 3.21 bits per heavy atom. The van der Waals surface area contributed by atoms with E-state index in [0.717, 1.165) is 19.4 Å². The van der Waals surface area contributed by atoms with Crippen molar-refractivity contribution >= 4 is 5.95 Å². The number of nitrogens with zero attached hydrogens (tertiary/aromatic N) is 4. The Balaban J connectivity index is 1.98. The summed E-state index contributed by atoms with van der Waals surface area (Å²) < 4.78 is 6.82. The molecule has 14 heavy (non-hydrogen) atoms. The summed E-state index contributed by atoms with van der Waals surface area (Å²) in [6, 6.07) is 0. The largest absolute Gasteiger partial charge is 0.490 e. The van der Waals surface area contributed by atoms with Crippen LogP contribution in [0, 0.1) is 10.1 Å². The van der Waals surface area contributed by atoms with Crippen molar-refractivity contribution in [2.75, 3.05) is 6.61 Å². The molecule has 0 N–H and O–H groups in total. The summed E-state index contributed by atoms with van der Waals surface area (Å²) in [4.78, 5) is 13.2. The van der Waals surface area contributed by atoms with Crippen LogP contribution in [0.15, 0.2) is 6.33 Å². The normalized spacial score (nSPS) is 21.3. The second-order valence-electron chi connectivity index (χ2n) is 3.16. The van der Waals surface area contributed by atoms with Gasteiger partial charge >= 0.3 is 5.95 Å². The second-order valence-corrected chi connectivity index (χ2v) is 3.16. The zero-order chi connectivity index (χ0) is 9.97. The van der Waals surface area contributed by atoms with Crippen molar-refractivity contribution in [1.29, 1.82) is 0 Å². The molecule has 76 valence electrons. The van der Waals surface area contributed by atoms with Gasteiger partial charge in [-0.3, -0.25) is 0 Å². The molecule has 0 aromatic carbocycles. The molecule has 1 aromatic rings. The first-order valence-electron chi connectivity index (χ1n) is 4.41. The molecule has 1 atom stereocenters. The van der Waals surface area contributed by atoms with Crippen LogP contribution in [0.2, 0.25) is 0 Å². The van der Waals surface area contributed by atoms with Crippen LogP contribution in [-0.4, -0.2) is 32.4 Å². The Kier molecular flexibility index (Phi) is 2.40. The summed E-state index contributed by atoms with van der Waals surface area (Å²) in [7, 11) is 0. The van der Waals surface area contributed by atoms with Gasteiger partial charge in [-0.1, -0.05) is 4.98 Å². The van der Waals surface area contributed by atoms with E-state index in [4.69, 9.17) is 4.74 Å². The molecule has 1 saturated heterocycles. The topological polar surface area (TPSA) is 83.1 Å². The molecular formula is C7H10N4O3. The minimum absolute atomic E-state index is 0.122. The number of nitro groups is 1. The average Bonchev–Trinajstić information content (AvgIpc) is 2.75. The predicted octanol–water partition coefficient (Wildman–Crippen LogP) is 0.365. The van der Waals surface area contributed by atoms with E-state index in [-0.39, 0.29) is 12.1 Å². The number of aromatic nitrogens is 3. The summed E-state index contributed by atoms with van der Waals surface area (Å²) in [6.07, 6.45) is 3.51. The van der Waals surface area contributed by atoms with Crippen molar-refractivity contribution < 1.29 is 9.66 Å². The van der Waals surface area contributed by atoms with E-state index in [2.05, 4.69) is 10.1 Å². The fraction of sp³-hybridized carbons (Fsp3) is 0.714. The molecule has 1 unspecified atom stereocenters. The summed E-state index contributed by atoms with van der Waals surface area (Å²) in [5.41, 5.74) is 0. The minimum Gasteiger partial charge on any atom is -0.390 e. The molecule has 0 aliphatic carbocycles. The first kappa shape index (κ1) is 9.07. The van der Waals surface area contributed by atoms with Crippen LogP contribution in [0.1, 0.15) is 12.8 Å². The van der Waals surface area contributed by atoms with Crippen molar-refractivity contribution in [2.24, 2.45) is 0 Å². The van der Waals surface area contributed by atoms with Crippen molar-refractivity contribution in [3.63, 3.8) is 0 Å². The molecule has 0 saturated carbocycles. The zero-order valence-corrected chi connectivity index (χ0v) is 7.50. The van der Waals surface area contributed by atoms with Crippen LogP contribution in [-0.2, 0) is 11.3 Å². The Hall–Kier alpha value is -1.50. The molecule has 0 amide bonds. The molecule has 0 spiro atoms. The van der Waals surface area contributed by atoms with Crippen molar-refractivity contribution in [2.45, 2.75) is 25.5 Å². The third-order valence-electron chi connectivity index (χ3n) is 2.10. The van der Waals surface area contributed by atoms with Crippen LogP contribution in [0.5, 0.6) is 0 Å². The van der Waals surface area contributed by atoms with Gasteiger partial charge in [-0.05, 0) is 17.8 Å². The third kappa shape index (κ3) is 1.87. The maximum absolute atomic E-state index is 10.3. The zero-order valence-electron chi connectivity index (χ0n) is 7.50. The number of rotatable bonds is 3. The lowest BCUT2D eigenvalue weighted by atomic mass is 10.2. The van der Waals surface area contributed by atoms with E-state index in [1.54, 1.807) is 0 Å². The highest BCUT2D eigenvalue weighted by Crippen LogP contribution is 2.13. The Labute approximate surface area is 79.8 Å². The summed E-state index contributed by atoms with van der Waals surface area (Å²) in [5, 5.41) is 14.0. The minimum atomic E-state index is -0.605. The molecule has 0 bridgehead atoms. The molecule has 2 rings (SSSR count). The Morgan fingerprint density at radius 1 is 1.79 bits per heavy atom. The first-order valence-corrected chi connectivity index (χ1v) is 4.41. The van der Waals surface area contributed by atoms with E-state index >= 15 is 0 Å². The maximum atomic E-state index is 10.3. The Morgan fingerprint density at radius 2 is 2.64 bits per heavy atom. The lowest BCUT2D eigenvalue weighted by Gasteiger charge is -2.05. The van der Waals surface area contributed by atoms with Gasteiger partial charge in [-0.25, -0.2) is 0 Å². The molecule has 1 aliphatic heterocycles. The van der Waals surface area contributed by atoms with E-state index in [0.29, 0.717) is 6.54 Å². The van der Waals surface area contributed by atoms with Gasteiger partial charge < -0.3 is 14.9 Å². The average molecular weight is 198 g/mol. The van der Waals surface area contributed by atoms with E-state index in [1.165, 1.54) is 11.0 Å². The summed E-state index contributed by atoms with van der Waals surface area (Å²) in [5.74, 6) is -0.358. The molecule has 2 heterocycles. The monoisotopic (exact) mass is 198 g/mol. The number of ether oxygens (including phenoxy) is 1. The molecule has 7 nitrogen and oxygen atoms in total. The molecular weight excluding hydrogens is 188 g/mol. The van der Waals surface area contributed by atoms with E-state index in [1.807, 2.05) is 0 Å². The smallest absolute Gasteiger partial charge is 0.390 e. The van der Waals surface area contributed by atoms with Gasteiger partial charge in [0.05, 0.1) is 12.6 Å². The van der Waals surface area contributed by atoms with Gasteiger partial charge in [0.1, 0.15) is 0 Å². The quantitative estimate of drug-likeness (QED) is 0.517. The summed E-state index contributed by atoms with van der Waals surface area (Å²) >= 11 is 0. The molecule has 1 aliphatic rings. The predicted molar refractivity (Wildman–Crippen MR) is 45.7 cm³/mol. The van der Waals surface area contributed by atoms with Gasteiger partial charge in [0.2, 0.25) is 6.33 Å². The van der Waals surface area contributed by atoms with E-state index < -0.39 is 4.92 Å². The summed E-state index contributed by atoms with van der Waals surface area (Å²) in [6.45, 7) is 1.31. The van der Waals surface area contributed by atoms with Crippen LogP contribution >= 0.6 is 0 Å². The maximum Gasteiger partial charge on any atom is 0.490 e. The van der Waals surface area contributed by atoms with Crippen molar-refractivity contribution in [3.8, 4) is 0 Å². The van der Waals surface area contributed by atoms with Gasteiger partial charge in [-0.2, -0.15) is 4.68 Å². The molecule has 1 aromatic heterocycles. The SMILES string of the molecule is O=[N+]([O-])c1ncn(CC2CCCO2)n1. The van der Waals surface area contributed by atoms with Crippen LogP contribution in [0.25, 0.3) is 0 Å². The molecule has 1 fully saturated rings. The van der Waals surface area contributed by atoms with Crippen molar-refractivity contribution in [3.05, 3.63) is 16.4 Å². The molecule has 7 heteroatoms. The van der Waals surface area contributed by atoms with Gasteiger partial charge in [0, 0.05) is 11.7 Å². The first-order chi connectivity index (χ1) is 6.75. The fourth-order valence-corrected chi connectivity index (χ4v) is 1.45. The third-order valence-corrected chi connectivity index (χ3v) is 2.10. The van der Waals surface area contributed by atoms with Crippen LogP contribution < -0.4 is 0 Å². The van der Waals surface area contributed by atoms with Crippen molar-refractivity contribution in [1.82, 2.24) is 14.8 Å². The lowest BCUT2D eigenvalue weighted by Crippen LogP contribution is -2.15. The highest BCUT2D eigenvalue weighted by atomic mass is 16.6. The van der Waals surface area contributed by atoms with Crippen LogP contribution in [0.4, 0.5) is 5.95 Å². The van der Waals surface area contributed by atoms with Gasteiger partial charge in [0.25, 0.3) is 0 Å². The second kappa shape index (κ2) is 3.70. The van der Waals surface area contributed by atoms with Crippen LogP contribution in [0.3, 0.4) is 0 Å². The Bertz CT molecular complexity index is 331.